The van der Waals surface area contributed by atoms with E-state index in [0.29, 0.717) is 6.54 Å². The van der Waals surface area contributed by atoms with Gasteiger partial charge in [-0.2, -0.15) is 0 Å². The molecule has 0 aliphatic rings. The number of hydrogen-bond acceptors (Lipinski definition) is 4. The summed E-state index contributed by atoms with van der Waals surface area (Å²) < 4.78 is 0. The molecule has 1 aromatic rings. The average Bonchev–Trinajstić information content (AvgIpc) is 2.45. The number of amides is 1. The first-order chi connectivity index (χ1) is 9.97. The molecule has 1 rings (SSSR count). The highest BCUT2D eigenvalue weighted by Gasteiger charge is 2.22. The van der Waals surface area contributed by atoms with Crippen LogP contribution >= 0.6 is 11.8 Å². The predicted molar refractivity (Wildman–Crippen MR) is 85.8 cm³/mol. The first-order valence-corrected chi connectivity index (χ1v) is 8.11. The number of carbonyl (C=O) groups excluding carboxylic acids is 1. The number of nitrogens with zero attached hydrogens (tertiary/aromatic N) is 1. The van der Waals surface area contributed by atoms with Crippen LogP contribution in [-0.2, 0) is 9.59 Å². The quantitative estimate of drug-likeness (QED) is 0.722. The number of aliphatic carboxylic acids is 1. The van der Waals surface area contributed by atoms with Gasteiger partial charge in [0.05, 0.1) is 12.6 Å². The highest BCUT2D eigenvalue weighted by molar-refractivity contribution is 7.98. The van der Waals surface area contributed by atoms with Crippen LogP contribution in [0.3, 0.4) is 0 Å². The smallest absolute Gasteiger partial charge is 0.317 e. The second-order valence-corrected chi connectivity index (χ2v) is 5.64. The third kappa shape index (κ3) is 5.77. The van der Waals surface area contributed by atoms with Gasteiger partial charge < -0.3 is 10.4 Å². The lowest BCUT2D eigenvalue weighted by atomic mass is 10.2. The van der Waals surface area contributed by atoms with Crippen LogP contribution in [0.5, 0.6) is 0 Å². The third-order valence-corrected chi connectivity index (χ3v) is 3.84. The normalized spacial score (nSPS) is 12.2. The summed E-state index contributed by atoms with van der Waals surface area (Å²) in [4.78, 5) is 25.9. The Labute approximate surface area is 129 Å². The van der Waals surface area contributed by atoms with Crippen LogP contribution in [0.2, 0.25) is 0 Å². The molecule has 0 aliphatic carbocycles. The Morgan fingerprint density at radius 1 is 1.43 bits per heavy atom. The highest BCUT2D eigenvalue weighted by Crippen LogP contribution is 2.19. The standard InChI is InChI=1S/C15H22N2O3S/c1-4-8-17(10-14(18)19)11(2)15(20)16-12-6-5-7-13(9-12)21-3/h5-7,9,11H,4,8,10H2,1-3H3,(H,16,20)(H,18,19). The van der Waals surface area contributed by atoms with Crippen LogP contribution < -0.4 is 5.32 Å². The van der Waals surface area contributed by atoms with Gasteiger partial charge in [0.1, 0.15) is 0 Å². The maximum Gasteiger partial charge on any atom is 0.317 e. The van der Waals surface area contributed by atoms with E-state index in [1.165, 1.54) is 0 Å². The number of thioether (sulfide) groups is 1. The van der Waals surface area contributed by atoms with Gasteiger partial charge in [-0.1, -0.05) is 13.0 Å². The first-order valence-electron chi connectivity index (χ1n) is 6.88. The molecule has 1 amide bonds. The Morgan fingerprint density at radius 2 is 2.14 bits per heavy atom. The van der Waals surface area contributed by atoms with E-state index in [-0.39, 0.29) is 12.5 Å². The molecule has 0 fully saturated rings. The number of carbonyl (C=O) groups is 2. The first kappa shape index (κ1) is 17.5. The lowest BCUT2D eigenvalue weighted by Crippen LogP contribution is -2.44. The number of rotatable bonds is 8. The summed E-state index contributed by atoms with van der Waals surface area (Å²) in [5.41, 5.74) is 0.727. The van der Waals surface area contributed by atoms with Crippen molar-refractivity contribution >= 4 is 29.3 Å². The van der Waals surface area contributed by atoms with Crippen molar-refractivity contribution < 1.29 is 14.7 Å². The third-order valence-electron chi connectivity index (χ3n) is 3.11. The molecule has 0 bridgehead atoms. The molecule has 116 valence electrons. The minimum absolute atomic E-state index is 0.132. The van der Waals surface area contributed by atoms with Crippen LogP contribution in [0, 0.1) is 0 Å². The van der Waals surface area contributed by atoms with Gasteiger partial charge in [-0.3, -0.25) is 14.5 Å². The monoisotopic (exact) mass is 310 g/mol. The van der Waals surface area contributed by atoms with E-state index in [2.05, 4.69) is 5.32 Å². The average molecular weight is 310 g/mol. The van der Waals surface area contributed by atoms with Crippen molar-refractivity contribution in [2.75, 3.05) is 24.7 Å². The molecule has 0 aromatic heterocycles. The van der Waals surface area contributed by atoms with Crippen LogP contribution in [0.4, 0.5) is 5.69 Å². The molecule has 1 unspecified atom stereocenters. The van der Waals surface area contributed by atoms with Gasteiger partial charge in [-0.25, -0.2) is 0 Å². The van der Waals surface area contributed by atoms with Crippen LogP contribution in [0.25, 0.3) is 0 Å². The van der Waals surface area contributed by atoms with E-state index in [0.717, 1.165) is 17.0 Å². The Bertz CT molecular complexity index is 494. The van der Waals surface area contributed by atoms with Crippen LogP contribution in [-0.4, -0.2) is 47.3 Å². The molecule has 1 atom stereocenters. The molecule has 2 N–H and O–H groups in total. The Hall–Kier alpha value is -1.53. The lowest BCUT2D eigenvalue weighted by Gasteiger charge is -2.26. The summed E-state index contributed by atoms with van der Waals surface area (Å²) in [5.74, 6) is -1.12. The molecule has 0 saturated heterocycles. The van der Waals surface area contributed by atoms with Crippen LogP contribution in [0.1, 0.15) is 20.3 Å². The topological polar surface area (TPSA) is 69.6 Å². The molecule has 1 aromatic carbocycles. The summed E-state index contributed by atoms with van der Waals surface area (Å²) in [7, 11) is 0. The highest BCUT2D eigenvalue weighted by atomic mass is 32.2. The zero-order valence-electron chi connectivity index (χ0n) is 12.6. The van der Waals surface area contributed by atoms with Crippen molar-refractivity contribution in [3.63, 3.8) is 0 Å². The minimum atomic E-state index is -0.924. The zero-order valence-corrected chi connectivity index (χ0v) is 13.4. The second-order valence-electron chi connectivity index (χ2n) is 4.76. The summed E-state index contributed by atoms with van der Waals surface area (Å²) in [6.45, 7) is 4.13. The Morgan fingerprint density at radius 3 is 2.71 bits per heavy atom. The largest absolute Gasteiger partial charge is 0.480 e. The molecule has 0 spiro atoms. The maximum atomic E-state index is 12.3. The van der Waals surface area contributed by atoms with E-state index in [9.17, 15) is 9.59 Å². The SMILES string of the molecule is CCCN(CC(=O)O)C(C)C(=O)Nc1cccc(SC)c1. The predicted octanol–water partition coefficient (Wildman–Crippen LogP) is 2.53. The number of nitrogens with one attached hydrogen (secondary N) is 1. The number of hydrogen-bond donors (Lipinski definition) is 2. The molecular formula is C15H22N2O3S. The fourth-order valence-electron chi connectivity index (χ4n) is 1.98. The molecule has 21 heavy (non-hydrogen) atoms. The molecule has 0 heterocycles. The van der Waals surface area contributed by atoms with Crippen LogP contribution in [0.15, 0.2) is 29.2 Å². The van der Waals surface area contributed by atoms with Gasteiger partial charge in [0.25, 0.3) is 0 Å². The second kappa shape index (κ2) is 8.69. The summed E-state index contributed by atoms with van der Waals surface area (Å²) >= 11 is 1.60. The van der Waals surface area contributed by atoms with E-state index in [4.69, 9.17) is 5.11 Å². The fourth-order valence-corrected chi connectivity index (χ4v) is 2.44. The van der Waals surface area contributed by atoms with Crippen molar-refractivity contribution in [1.82, 2.24) is 4.90 Å². The summed E-state index contributed by atoms with van der Waals surface area (Å²) in [6.07, 6.45) is 2.77. The van der Waals surface area contributed by atoms with Gasteiger partial charge >= 0.3 is 5.97 Å². The van der Waals surface area contributed by atoms with Gasteiger partial charge in [0.15, 0.2) is 0 Å². The van der Waals surface area contributed by atoms with Gasteiger partial charge in [-0.05, 0) is 44.3 Å². The maximum absolute atomic E-state index is 12.3. The van der Waals surface area contributed by atoms with Crippen molar-refractivity contribution in [2.45, 2.75) is 31.2 Å². The number of benzene rings is 1. The zero-order chi connectivity index (χ0) is 15.8. The molecule has 6 heteroatoms. The van der Waals surface area contributed by atoms with Crippen molar-refractivity contribution in [3.05, 3.63) is 24.3 Å². The molecule has 5 nitrogen and oxygen atoms in total. The van der Waals surface area contributed by atoms with E-state index in [1.807, 2.05) is 37.4 Å². The molecule has 0 saturated carbocycles. The van der Waals surface area contributed by atoms with E-state index < -0.39 is 12.0 Å². The minimum Gasteiger partial charge on any atom is -0.480 e. The number of carboxylic acid groups (broad SMARTS) is 1. The van der Waals surface area contributed by atoms with Crippen molar-refractivity contribution in [3.8, 4) is 0 Å². The van der Waals surface area contributed by atoms with Gasteiger partial charge in [0.2, 0.25) is 5.91 Å². The lowest BCUT2D eigenvalue weighted by molar-refractivity contribution is -0.139. The number of carboxylic acids is 1. The van der Waals surface area contributed by atoms with Crippen molar-refractivity contribution in [2.24, 2.45) is 0 Å². The Kier molecular flexibility index (Phi) is 7.25. The summed E-state index contributed by atoms with van der Waals surface area (Å²) in [6, 6.07) is 7.09. The van der Waals surface area contributed by atoms with E-state index in [1.54, 1.807) is 23.6 Å². The molecule has 0 radical (unpaired) electrons. The van der Waals surface area contributed by atoms with Gasteiger partial charge in [0, 0.05) is 10.6 Å². The van der Waals surface area contributed by atoms with Gasteiger partial charge in [-0.15, -0.1) is 11.8 Å². The summed E-state index contributed by atoms with van der Waals surface area (Å²) in [5, 5.41) is 11.8. The fraction of sp³-hybridized carbons (Fsp3) is 0.467. The van der Waals surface area contributed by atoms with E-state index >= 15 is 0 Å². The molecular weight excluding hydrogens is 288 g/mol. The Balaban J connectivity index is 2.73. The number of anilines is 1. The van der Waals surface area contributed by atoms with Crippen molar-refractivity contribution in [1.29, 1.82) is 0 Å². The molecule has 0 aliphatic heterocycles.